The first-order valence-corrected chi connectivity index (χ1v) is 7.88. The van der Waals surface area contributed by atoms with Gasteiger partial charge in [-0.05, 0) is 12.5 Å². The number of piperazine rings is 1. The highest BCUT2D eigenvalue weighted by Crippen LogP contribution is 2.29. The zero-order chi connectivity index (χ0) is 15.2. The lowest BCUT2D eigenvalue weighted by Crippen LogP contribution is -2.46. The molecule has 1 fully saturated rings. The molecule has 0 bridgehead atoms. The van der Waals surface area contributed by atoms with Crippen LogP contribution in [0.25, 0.3) is 0 Å². The fraction of sp³-hybridized carbons (Fsp3) is 0.571. The van der Waals surface area contributed by atoms with Gasteiger partial charge < -0.3 is 20.3 Å². The number of hydrogen-bond donors (Lipinski definition) is 2. The summed E-state index contributed by atoms with van der Waals surface area (Å²) in [5.41, 5.74) is 0.586. The molecule has 1 aliphatic heterocycles. The zero-order valence-electron chi connectivity index (χ0n) is 12.4. The number of ether oxygens (including phenoxy) is 1. The largest absolute Gasteiger partial charge is 0.375 e. The topological polar surface area (TPSA) is 70.7 Å². The van der Waals surface area contributed by atoms with E-state index < -0.39 is 0 Å². The number of carbonyl (C=O) groups is 2. The van der Waals surface area contributed by atoms with E-state index in [4.69, 9.17) is 4.74 Å². The third kappa shape index (κ3) is 4.03. The van der Waals surface area contributed by atoms with Crippen LogP contribution in [0.4, 0.5) is 5.00 Å². The fourth-order valence-corrected chi connectivity index (χ4v) is 3.20. The van der Waals surface area contributed by atoms with Gasteiger partial charge >= 0.3 is 0 Å². The molecule has 0 atom stereocenters. The summed E-state index contributed by atoms with van der Waals surface area (Å²) in [6.45, 7) is 5.03. The van der Waals surface area contributed by atoms with Crippen LogP contribution in [0.1, 0.15) is 22.2 Å². The average Bonchev–Trinajstić information content (AvgIpc) is 2.90. The van der Waals surface area contributed by atoms with Crippen molar-refractivity contribution in [3.05, 3.63) is 16.5 Å². The van der Waals surface area contributed by atoms with Gasteiger partial charge in [-0.15, -0.1) is 11.3 Å². The maximum Gasteiger partial charge on any atom is 0.256 e. The van der Waals surface area contributed by atoms with Crippen LogP contribution in [0.3, 0.4) is 0 Å². The molecule has 1 aromatic heterocycles. The van der Waals surface area contributed by atoms with Gasteiger partial charge in [0.1, 0.15) is 11.6 Å². The number of amides is 2. The molecular formula is C14H21N3O3S. The molecular weight excluding hydrogens is 290 g/mol. The molecule has 2 heterocycles. The van der Waals surface area contributed by atoms with E-state index in [1.807, 2.05) is 17.9 Å². The Balaban J connectivity index is 2.18. The van der Waals surface area contributed by atoms with Crippen LogP contribution < -0.4 is 10.6 Å². The van der Waals surface area contributed by atoms with Crippen LogP contribution in [0.2, 0.25) is 0 Å². The molecule has 2 N–H and O–H groups in total. The van der Waals surface area contributed by atoms with Crippen molar-refractivity contribution in [2.24, 2.45) is 0 Å². The van der Waals surface area contributed by atoms with Gasteiger partial charge in [0.2, 0.25) is 0 Å². The summed E-state index contributed by atoms with van der Waals surface area (Å²) >= 11 is 1.46. The predicted octanol–water partition coefficient (Wildman–Crippen LogP) is 0.941. The summed E-state index contributed by atoms with van der Waals surface area (Å²) in [7, 11) is 1.47. The molecule has 0 aliphatic carbocycles. The third-order valence-corrected chi connectivity index (χ3v) is 4.49. The number of nitrogens with one attached hydrogen (secondary N) is 2. The van der Waals surface area contributed by atoms with Crippen molar-refractivity contribution in [2.45, 2.75) is 13.3 Å². The number of hydrogen-bond acceptors (Lipinski definition) is 5. The number of carbonyl (C=O) groups excluding carboxylic acids is 2. The van der Waals surface area contributed by atoms with Crippen molar-refractivity contribution >= 4 is 28.2 Å². The molecule has 2 amide bonds. The van der Waals surface area contributed by atoms with Crippen molar-refractivity contribution in [2.75, 3.05) is 45.2 Å². The van der Waals surface area contributed by atoms with Gasteiger partial charge in [0.25, 0.3) is 11.8 Å². The van der Waals surface area contributed by atoms with Crippen molar-refractivity contribution in [3.63, 3.8) is 0 Å². The summed E-state index contributed by atoms with van der Waals surface area (Å²) in [5.74, 6) is -0.253. The SMILES string of the molecule is CCc1cc(C(=O)N2CCNCC2)c(NC(=O)COC)s1. The minimum Gasteiger partial charge on any atom is -0.375 e. The Hall–Kier alpha value is -1.44. The van der Waals surface area contributed by atoms with Crippen LogP contribution >= 0.6 is 11.3 Å². The van der Waals surface area contributed by atoms with E-state index in [-0.39, 0.29) is 18.4 Å². The van der Waals surface area contributed by atoms with Crippen LogP contribution in [0.5, 0.6) is 0 Å². The summed E-state index contributed by atoms with van der Waals surface area (Å²) < 4.78 is 4.81. The first-order valence-electron chi connectivity index (χ1n) is 7.07. The minimum absolute atomic E-state index is 0.0133. The number of aryl methyl sites for hydroxylation is 1. The number of thiophene rings is 1. The van der Waals surface area contributed by atoms with Crippen molar-refractivity contribution in [1.29, 1.82) is 0 Å². The van der Waals surface area contributed by atoms with E-state index in [2.05, 4.69) is 10.6 Å². The van der Waals surface area contributed by atoms with Gasteiger partial charge in [0.15, 0.2) is 0 Å². The minimum atomic E-state index is -0.239. The molecule has 116 valence electrons. The Kier molecular flexibility index (Phi) is 5.72. The highest BCUT2D eigenvalue weighted by molar-refractivity contribution is 7.16. The van der Waals surface area contributed by atoms with Gasteiger partial charge in [0.05, 0.1) is 5.56 Å². The van der Waals surface area contributed by atoms with Gasteiger partial charge in [-0.3, -0.25) is 9.59 Å². The Morgan fingerprint density at radius 2 is 2.14 bits per heavy atom. The molecule has 0 saturated carbocycles. The average molecular weight is 311 g/mol. The highest BCUT2D eigenvalue weighted by Gasteiger charge is 2.23. The second-order valence-electron chi connectivity index (χ2n) is 4.83. The van der Waals surface area contributed by atoms with Gasteiger partial charge in [-0.25, -0.2) is 0 Å². The van der Waals surface area contributed by atoms with Crippen LogP contribution in [0, 0.1) is 0 Å². The Bertz CT molecular complexity index is 510. The normalized spacial score (nSPS) is 15.0. The van der Waals surface area contributed by atoms with Gasteiger partial charge in [0, 0.05) is 38.2 Å². The second-order valence-corrected chi connectivity index (χ2v) is 5.97. The first-order chi connectivity index (χ1) is 10.2. The first kappa shape index (κ1) is 15.9. The van der Waals surface area contributed by atoms with Crippen molar-refractivity contribution < 1.29 is 14.3 Å². The lowest BCUT2D eigenvalue weighted by atomic mass is 10.2. The van der Waals surface area contributed by atoms with Crippen molar-refractivity contribution in [1.82, 2.24) is 10.2 Å². The Morgan fingerprint density at radius 3 is 2.76 bits per heavy atom. The summed E-state index contributed by atoms with van der Waals surface area (Å²) in [5, 5.41) is 6.62. The molecule has 1 aromatic rings. The number of anilines is 1. The maximum atomic E-state index is 12.6. The van der Waals surface area contributed by atoms with E-state index in [0.29, 0.717) is 23.7 Å². The quantitative estimate of drug-likeness (QED) is 0.849. The number of nitrogens with zero attached hydrogens (tertiary/aromatic N) is 1. The summed E-state index contributed by atoms with van der Waals surface area (Å²) in [6, 6.07) is 1.89. The van der Waals surface area contributed by atoms with Crippen LogP contribution in [-0.4, -0.2) is 56.6 Å². The highest BCUT2D eigenvalue weighted by atomic mass is 32.1. The second kappa shape index (κ2) is 7.53. The molecule has 0 radical (unpaired) electrons. The Labute approximate surface area is 128 Å². The maximum absolute atomic E-state index is 12.6. The molecule has 0 unspecified atom stereocenters. The van der Waals surface area contributed by atoms with Gasteiger partial charge in [-0.1, -0.05) is 6.92 Å². The monoisotopic (exact) mass is 311 g/mol. The molecule has 2 rings (SSSR count). The molecule has 7 heteroatoms. The lowest BCUT2D eigenvalue weighted by Gasteiger charge is -2.27. The van der Waals surface area contributed by atoms with E-state index in [1.54, 1.807) is 0 Å². The number of rotatable bonds is 5. The van der Waals surface area contributed by atoms with E-state index in [0.717, 1.165) is 24.4 Å². The summed E-state index contributed by atoms with van der Waals surface area (Å²) in [6.07, 6.45) is 0.840. The zero-order valence-corrected chi connectivity index (χ0v) is 13.2. The van der Waals surface area contributed by atoms with Crippen LogP contribution in [-0.2, 0) is 16.0 Å². The van der Waals surface area contributed by atoms with E-state index >= 15 is 0 Å². The molecule has 1 aliphatic rings. The predicted molar refractivity (Wildman–Crippen MR) is 83.0 cm³/mol. The van der Waals surface area contributed by atoms with Crippen molar-refractivity contribution in [3.8, 4) is 0 Å². The number of methoxy groups -OCH3 is 1. The third-order valence-electron chi connectivity index (χ3n) is 3.29. The summed E-state index contributed by atoms with van der Waals surface area (Å²) in [4.78, 5) is 27.2. The molecule has 21 heavy (non-hydrogen) atoms. The molecule has 0 aromatic carbocycles. The van der Waals surface area contributed by atoms with E-state index in [9.17, 15) is 9.59 Å². The standard InChI is InChI=1S/C14H21N3O3S/c1-3-10-8-11(13(21-10)16-12(18)9-20-2)14(19)17-6-4-15-5-7-17/h8,15H,3-7,9H2,1-2H3,(H,16,18). The van der Waals surface area contributed by atoms with Gasteiger partial charge in [-0.2, -0.15) is 0 Å². The fourth-order valence-electron chi connectivity index (χ4n) is 2.20. The van der Waals surface area contributed by atoms with E-state index in [1.165, 1.54) is 18.4 Å². The molecule has 1 saturated heterocycles. The lowest BCUT2D eigenvalue weighted by molar-refractivity contribution is -0.119. The smallest absolute Gasteiger partial charge is 0.256 e. The molecule has 6 nitrogen and oxygen atoms in total. The Morgan fingerprint density at radius 1 is 1.43 bits per heavy atom. The molecule has 0 spiro atoms. The van der Waals surface area contributed by atoms with Crippen LogP contribution in [0.15, 0.2) is 6.07 Å².